The van der Waals surface area contributed by atoms with Gasteiger partial charge in [0.15, 0.2) is 18.3 Å². The molecule has 6 nitrogen and oxygen atoms in total. The number of carbonyl (C=O) groups excluding carboxylic acids is 1. The summed E-state index contributed by atoms with van der Waals surface area (Å²) in [6.45, 7) is -0.211. The van der Waals surface area contributed by atoms with E-state index >= 15 is 0 Å². The standard InChI is InChI=1S/C9H11FN2O4/c10-6-3-12(9(15)11-8(6)14)7-2-1-5(4-13)16-7/h1-3,5,7-8,13-14H,4H2,(H,11,15)/t5-,7+,8?/m0/s1. The van der Waals surface area contributed by atoms with E-state index in [9.17, 15) is 9.18 Å². The number of nitrogens with zero attached hydrogens (tertiary/aromatic N) is 1. The number of aliphatic hydroxyl groups excluding tert-OH is 2. The van der Waals surface area contributed by atoms with Crippen LogP contribution in [-0.2, 0) is 4.74 Å². The highest BCUT2D eigenvalue weighted by molar-refractivity contribution is 5.77. The summed E-state index contributed by atoms with van der Waals surface area (Å²) in [7, 11) is 0. The van der Waals surface area contributed by atoms with Gasteiger partial charge >= 0.3 is 6.03 Å². The van der Waals surface area contributed by atoms with Crippen LogP contribution in [0.25, 0.3) is 0 Å². The third kappa shape index (κ3) is 1.92. The molecule has 0 fully saturated rings. The zero-order chi connectivity index (χ0) is 11.7. The third-order valence-corrected chi connectivity index (χ3v) is 2.28. The van der Waals surface area contributed by atoms with E-state index in [1.54, 1.807) is 6.08 Å². The van der Waals surface area contributed by atoms with E-state index in [-0.39, 0.29) is 6.61 Å². The maximum Gasteiger partial charge on any atom is 0.326 e. The van der Waals surface area contributed by atoms with Gasteiger partial charge in [-0.15, -0.1) is 0 Å². The molecule has 16 heavy (non-hydrogen) atoms. The monoisotopic (exact) mass is 230 g/mol. The van der Waals surface area contributed by atoms with E-state index in [4.69, 9.17) is 14.9 Å². The van der Waals surface area contributed by atoms with Gasteiger partial charge in [0.1, 0.15) is 6.10 Å². The van der Waals surface area contributed by atoms with E-state index in [1.165, 1.54) is 6.08 Å². The number of amides is 2. The summed E-state index contributed by atoms with van der Waals surface area (Å²) < 4.78 is 18.3. The summed E-state index contributed by atoms with van der Waals surface area (Å²) in [5, 5.41) is 19.8. The van der Waals surface area contributed by atoms with Gasteiger partial charge in [0, 0.05) is 6.20 Å². The molecule has 0 aromatic carbocycles. The van der Waals surface area contributed by atoms with Crippen LogP contribution in [0.1, 0.15) is 0 Å². The second kappa shape index (κ2) is 4.20. The van der Waals surface area contributed by atoms with Crippen molar-refractivity contribution in [1.82, 2.24) is 10.2 Å². The zero-order valence-electron chi connectivity index (χ0n) is 8.21. The zero-order valence-corrected chi connectivity index (χ0v) is 8.21. The first-order chi connectivity index (χ1) is 7.61. The Hall–Kier alpha value is -1.44. The van der Waals surface area contributed by atoms with Gasteiger partial charge < -0.3 is 20.3 Å². The normalized spacial score (nSPS) is 33.9. The highest BCUT2D eigenvalue weighted by atomic mass is 19.1. The van der Waals surface area contributed by atoms with Crippen LogP contribution in [0.5, 0.6) is 0 Å². The molecule has 0 aliphatic carbocycles. The molecule has 0 bridgehead atoms. The Labute approximate surface area is 90.6 Å². The van der Waals surface area contributed by atoms with Gasteiger partial charge in [-0.3, -0.25) is 4.90 Å². The maximum atomic E-state index is 13.1. The number of rotatable bonds is 2. The average Bonchev–Trinajstić information content (AvgIpc) is 2.71. The fraction of sp³-hybridized carbons (Fsp3) is 0.444. The van der Waals surface area contributed by atoms with Gasteiger partial charge in [-0.05, 0) is 6.08 Å². The molecule has 2 aliphatic heterocycles. The van der Waals surface area contributed by atoms with E-state index in [2.05, 4.69) is 0 Å². The number of hydrogen-bond acceptors (Lipinski definition) is 4. The molecule has 0 saturated carbocycles. The first kappa shape index (κ1) is 11.1. The van der Waals surface area contributed by atoms with E-state index in [1.807, 2.05) is 5.32 Å². The van der Waals surface area contributed by atoms with Gasteiger partial charge in [-0.2, -0.15) is 0 Å². The number of urea groups is 1. The molecule has 2 amide bonds. The van der Waals surface area contributed by atoms with Gasteiger partial charge in [0.2, 0.25) is 0 Å². The van der Waals surface area contributed by atoms with Crippen LogP contribution in [0, 0.1) is 0 Å². The molecule has 3 N–H and O–H groups in total. The second-order valence-electron chi connectivity index (χ2n) is 3.41. The van der Waals surface area contributed by atoms with E-state index < -0.39 is 30.4 Å². The number of hydrogen-bond donors (Lipinski definition) is 3. The van der Waals surface area contributed by atoms with Gasteiger partial charge in [-0.25, -0.2) is 9.18 Å². The van der Waals surface area contributed by atoms with Crippen molar-refractivity contribution in [3.05, 3.63) is 24.2 Å². The molecule has 7 heteroatoms. The molecule has 0 spiro atoms. The summed E-state index contributed by atoms with van der Waals surface area (Å²) in [4.78, 5) is 12.4. The number of aliphatic hydroxyl groups is 2. The molecule has 2 heterocycles. The van der Waals surface area contributed by atoms with Gasteiger partial charge in [0.05, 0.1) is 6.61 Å². The van der Waals surface area contributed by atoms with Crippen molar-refractivity contribution < 1.29 is 24.1 Å². The SMILES string of the molecule is O=C1NC(O)C(F)=CN1[C@H]1C=C[C@@H](CO)O1. The van der Waals surface area contributed by atoms with Crippen molar-refractivity contribution in [3.8, 4) is 0 Å². The molecular weight excluding hydrogens is 219 g/mol. The molecule has 0 aromatic rings. The summed E-state index contributed by atoms with van der Waals surface area (Å²) in [6, 6.07) is -0.665. The van der Waals surface area contributed by atoms with Crippen LogP contribution in [-0.4, -0.2) is 46.3 Å². The first-order valence-electron chi connectivity index (χ1n) is 4.70. The van der Waals surface area contributed by atoms with Crippen LogP contribution < -0.4 is 5.32 Å². The molecule has 2 aliphatic rings. The maximum absolute atomic E-state index is 13.1. The summed E-state index contributed by atoms with van der Waals surface area (Å²) in [5.41, 5.74) is 0. The van der Waals surface area contributed by atoms with Crippen LogP contribution in [0.4, 0.5) is 9.18 Å². The molecule has 0 saturated heterocycles. The third-order valence-electron chi connectivity index (χ3n) is 2.28. The van der Waals surface area contributed by atoms with Crippen molar-refractivity contribution in [2.24, 2.45) is 0 Å². The average molecular weight is 230 g/mol. The van der Waals surface area contributed by atoms with Crippen LogP contribution in [0.3, 0.4) is 0 Å². The van der Waals surface area contributed by atoms with Gasteiger partial charge in [0.25, 0.3) is 0 Å². The number of halogens is 1. The predicted octanol–water partition coefficient (Wildman–Crippen LogP) is -0.586. The van der Waals surface area contributed by atoms with Crippen molar-refractivity contribution in [2.45, 2.75) is 18.6 Å². The lowest BCUT2D eigenvalue weighted by atomic mass is 10.3. The summed E-state index contributed by atoms with van der Waals surface area (Å²) in [5.74, 6) is -0.871. The molecule has 3 atom stereocenters. The highest BCUT2D eigenvalue weighted by Crippen LogP contribution is 2.20. The number of carbonyl (C=O) groups is 1. The molecule has 1 unspecified atom stereocenters. The summed E-state index contributed by atoms with van der Waals surface area (Å²) >= 11 is 0. The lowest BCUT2D eigenvalue weighted by Crippen LogP contribution is -2.51. The van der Waals surface area contributed by atoms with Crippen LogP contribution in [0.15, 0.2) is 24.2 Å². The van der Waals surface area contributed by atoms with Crippen molar-refractivity contribution in [1.29, 1.82) is 0 Å². The molecule has 0 radical (unpaired) electrons. The first-order valence-corrected chi connectivity index (χ1v) is 4.70. The quantitative estimate of drug-likeness (QED) is 0.554. The second-order valence-corrected chi connectivity index (χ2v) is 3.41. The minimum absolute atomic E-state index is 0.211. The van der Waals surface area contributed by atoms with E-state index in [0.717, 1.165) is 11.1 Å². The Morgan fingerprint density at radius 1 is 1.56 bits per heavy atom. The minimum atomic E-state index is -1.61. The van der Waals surface area contributed by atoms with Crippen molar-refractivity contribution in [3.63, 3.8) is 0 Å². The topological polar surface area (TPSA) is 82.0 Å². The van der Waals surface area contributed by atoms with E-state index in [0.29, 0.717) is 0 Å². The Bertz CT molecular complexity index is 357. The lowest BCUT2D eigenvalue weighted by Gasteiger charge is -2.30. The highest BCUT2D eigenvalue weighted by Gasteiger charge is 2.32. The van der Waals surface area contributed by atoms with Crippen molar-refractivity contribution >= 4 is 6.03 Å². The Morgan fingerprint density at radius 2 is 2.31 bits per heavy atom. The summed E-state index contributed by atoms with van der Waals surface area (Å²) in [6.07, 6.45) is 1.11. The largest absolute Gasteiger partial charge is 0.393 e. The Kier molecular flexibility index (Phi) is 2.90. The fourth-order valence-corrected chi connectivity index (χ4v) is 1.46. The number of nitrogens with one attached hydrogen (secondary N) is 1. The molecular formula is C9H11FN2O4. The predicted molar refractivity (Wildman–Crippen MR) is 50.5 cm³/mol. The van der Waals surface area contributed by atoms with Crippen LogP contribution in [0.2, 0.25) is 0 Å². The lowest BCUT2D eigenvalue weighted by molar-refractivity contribution is -0.0285. The molecule has 88 valence electrons. The fourth-order valence-electron chi connectivity index (χ4n) is 1.46. The Morgan fingerprint density at radius 3 is 2.94 bits per heavy atom. The van der Waals surface area contributed by atoms with Crippen molar-refractivity contribution in [2.75, 3.05) is 6.61 Å². The molecule has 0 aromatic heterocycles. The van der Waals surface area contributed by atoms with Gasteiger partial charge in [-0.1, -0.05) is 6.08 Å². The smallest absolute Gasteiger partial charge is 0.326 e. The Balaban J connectivity index is 2.11. The van der Waals surface area contributed by atoms with Crippen LogP contribution >= 0.6 is 0 Å². The molecule has 2 rings (SSSR count). The number of ether oxygens (including phenoxy) is 1. The minimum Gasteiger partial charge on any atom is -0.393 e.